The van der Waals surface area contributed by atoms with Crippen LogP contribution in [0.4, 0.5) is 0 Å². The largest absolute Gasteiger partial charge is 0.481 e. The molecule has 1 unspecified atom stereocenters. The van der Waals surface area contributed by atoms with Crippen LogP contribution in [0.15, 0.2) is 30.4 Å². The Balaban J connectivity index is 0.000000708. The standard InChI is InChI=1S/C18H34O2.C10H14Cl2NO2PS/c1-2-3-4-5-6-7-8-9-10-11-12-13-14-15-16-17-18(19)20;1-7(2)13-16(17,14-3)15-10-5-4-8(11)6-9(10)12/h9-10H,2-8,11-17H2,1H3,(H,19,20);4-7H,1-3H3,(H,13,17)/b10-9-;. The Bertz CT molecular complexity index is 808. The van der Waals surface area contributed by atoms with Gasteiger partial charge in [0, 0.05) is 24.6 Å². The van der Waals surface area contributed by atoms with Crippen molar-refractivity contribution < 1.29 is 18.9 Å². The third kappa shape index (κ3) is 21.9. The number of benzene rings is 1. The summed E-state index contributed by atoms with van der Waals surface area (Å²) in [6.07, 6.45) is 21.2. The average Bonchev–Trinajstić information content (AvgIpc) is 2.83. The molecule has 1 atom stereocenters. The van der Waals surface area contributed by atoms with Crippen molar-refractivity contribution in [1.29, 1.82) is 0 Å². The zero-order valence-corrected chi connectivity index (χ0v) is 26.4. The maximum atomic E-state index is 10.3. The molecule has 2 N–H and O–H groups in total. The van der Waals surface area contributed by atoms with Crippen molar-refractivity contribution in [2.75, 3.05) is 7.11 Å². The monoisotopic (exact) mass is 595 g/mol. The van der Waals surface area contributed by atoms with Crippen molar-refractivity contribution in [2.24, 2.45) is 0 Å². The van der Waals surface area contributed by atoms with Crippen molar-refractivity contribution in [2.45, 2.75) is 117 Å². The maximum Gasteiger partial charge on any atom is 0.312 e. The van der Waals surface area contributed by atoms with Gasteiger partial charge in [-0.15, -0.1) is 0 Å². The molecule has 1 rings (SSSR count). The molecule has 37 heavy (non-hydrogen) atoms. The molecule has 5 nitrogen and oxygen atoms in total. The molecule has 0 saturated carbocycles. The molecule has 0 saturated heterocycles. The van der Waals surface area contributed by atoms with Gasteiger partial charge in [-0.25, -0.2) is 5.09 Å². The molecule has 0 bridgehead atoms. The lowest BCUT2D eigenvalue weighted by Crippen LogP contribution is -2.22. The van der Waals surface area contributed by atoms with Gasteiger partial charge in [0.05, 0.1) is 5.02 Å². The highest BCUT2D eigenvalue weighted by Gasteiger charge is 2.21. The molecule has 1 aromatic carbocycles. The van der Waals surface area contributed by atoms with Gasteiger partial charge in [0.1, 0.15) is 5.75 Å². The van der Waals surface area contributed by atoms with Crippen molar-refractivity contribution >= 4 is 47.6 Å². The van der Waals surface area contributed by atoms with Gasteiger partial charge in [0.15, 0.2) is 0 Å². The van der Waals surface area contributed by atoms with E-state index in [1.165, 1.54) is 77.7 Å². The first kappa shape index (κ1) is 36.4. The minimum Gasteiger partial charge on any atom is -0.481 e. The van der Waals surface area contributed by atoms with Crippen LogP contribution in [0.2, 0.25) is 10.0 Å². The Morgan fingerprint density at radius 2 is 1.54 bits per heavy atom. The molecule has 0 aliphatic rings. The van der Waals surface area contributed by atoms with E-state index in [-0.39, 0.29) is 6.04 Å². The molecule has 0 aliphatic heterocycles. The lowest BCUT2D eigenvalue weighted by molar-refractivity contribution is -0.137. The summed E-state index contributed by atoms with van der Waals surface area (Å²) in [5.41, 5.74) is 0. The summed E-state index contributed by atoms with van der Waals surface area (Å²) in [6, 6.07) is 5.12. The molecule has 9 heteroatoms. The molecule has 0 radical (unpaired) electrons. The predicted molar refractivity (Wildman–Crippen MR) is 164 cm³/mol. The number of carboxylic acids is 1. The van der Waals surface area contributed by atoms with Crippen LogP contribution in [0.5, 0.6) is 5.75 Å². The molecule has 0 amide bonds. The number of hydrogen-bond donors (Lipinski definition) is 2. The van der Waals surface area contributed by atoms with E-state index < -0.39 is 12.6 Å². The summed E-state index contributed by atoms with van der Waals surface area (Å²) in [5, 5.41) is 12.6. The van der Waals surface area contributed by atoms with Crippen LogP contribution < -0.4 is 9.61 Å². The van der Waals surface area contributed by atoms with Crippen LogP contribution in [-0.4, -0.2) is 24.2 Å². The molecular formula is C28H48Cl2NO4PS. The summed E-state index contributed by atoms with van der Waals surface area (Å²) >= 11 is 17.1. The van der Waals surface area contributed by atoms with Gasteiger partial charge >= 0.3 is 12.6 Å². The Hall–Kier alpha value is -0.620. The molecule has 214 valence electrons. The summed E-state index contributed by atoms with van der Waals surface area (Å²) in [5.74, 6) is -0.197. The van der Waals surface area contributed by atoms with E-state index >= 15 is 0 Å². The number of carboxylic acid groups (broad SMARTS) is 1. The zero-order valence-electron chi connectivity index (χ0n) is 23.1. The zero-order chi connectivity index (χ0) is 27.9. The molecule has 0 fully saturated rings. The van der Waals surface area contributed by atoms with E-state index in [1.807, 2.05) is 13.8 Å². The number of halogens is 2. The van der Waals surface area contributed by atoms with Crippen LogP contribution in [-0.2, 0) is 21.1 Å². The Morgan fingerprint density at radius 1 is 1.00 bits per heavy atom. The second-order valence-corrected chi connectivity index (χ2v) is 13.4. The van der Waals surface area contributed by atoms with Gasteiger partial charge in [-0.1, -0.05) is 93.6 Å². The quantitative estimate of drug-likeness (QED) is 0.0887. The second-order valence-electron chi connectivity index (χ2n) is 9.36. The first-order valence-electron chi connectivity index (χ1n) is 13.6. The van der Waals surface area contributed by atoms with E-state index in [1.54, 1.807) is 18.2 Å². The number of carbonyl (C=O) groups is 1. The number of aliphatic carboxylic acids is 1. The van der Waals surface area contributed by atoms with Crippen LogP contribution in [0.3, 0.4) is 0 Å². The van der Waals surface area contributed by atoms with Crippen molar-refractivity contribution in [3.05, 3.63) is 40.4 Å². The smallest absolute Gasteiger partial charge is 0.312 e. The highest BCUT2D eigenvalue weighted by atomic mass is 35.5. The number of unbranched alkanes of at least 4 members (excludes halogenated alkanes) is 11. The summed E-state index contributed by atoms with van der Waals surface area (Å²) < 4.78 is 10.9. The van der Waals surface area contributed by atoms with Gasteiger partial charge in [-0.2, -0.15) is 0 Å². The molecular weight excluding hydrogens is 548 g/mol. The third-order valence-corrected chi connectivity index (χ3v) is 8.69. The van der Waals surface area contributed by atoms with Crippen molar-refractivity contribution in [3.63, 3.8) is 0 Å². The fourth-order valence-corrected chi connectivity index (χ4v) is 6.12. The minimum absolute atomic E-state index is 0.159. The normalized spacial score (nSPS) is 12.8. The van der Waals surface area contributed by atoms with Crippen LogP contribution >= 0.6 is 29.8 Å². The number of allylic oxidation sites excluding steroid dienone is 2. The highest BCUT2D eigenvalue weighted by molar-refractivity contribution is 8.09. The van der Waals surface area contributed by atoms with E-state index in [4.69, 9.17) is 49.2 Å². The molecule has 0 heterocycles. The Kier molecular flexibility index (Phi) is 22.9. The highest BCUT2D eigenvalue weighted by Crippen LogP contribution is 2.46. The lowest BCUT2D eigenvalue weighted by Gasteiger charge is -2.24. The predicted octanol–water partition coefficient (Wildman–Crippen LogP) is 10.3. The second kappa shape index (κ2) is 23.3. The summed E-state index contributed by atoms with van der Waals surface area (Å²) in [6.45, 7) is 3.62. The molecule has 1 aromatic rings. The molecule has 0 aromatic heterocycles. The number of nitrogens with one attached hydrogen (secondary N) is 1. The van der Waals surface area contributed by atoms with Crippen molar-refractivity contribution in [1.82, 2.24) is 5.09 Å². The van der Waals surface area contributed by atoms with Gasteiger partial charge in [0.25, 0.3) is 0 Å². The van der Waals surface area contributed by atoms with E-state index in [0.29, 0.717) is 22.2 Å². The van der Waals surface area contributed by atoms with Gasteiger partial charge in [-0.3, -0.25) is 4.79 Å². The van der Waals surface area contributed by atoms with Gasteiger partial charge in [-0.05, 0) is 76.0 Å². The van der Waals surface area contributed by atoms with Gasteiger partial charge in [0.2, 0.25) is 0 Å². The first-order valence-corrected chi connectivity index (χ1v) is 17.0. The summed E-state index contributed by atoms with van der Waals surface area (Å²) in [4.78, 5) is 10.3. The lowest BCUT2D eigenvalue weighted by atomic mass is 10.1. The fraction of sp³-hybridized carbons (Fsp3) is 0.679. The van der Waals surface area contributed by atoms with E-state index in [2.05, 4.69) is 24.2 Å². The Morgan fingerprint density at radius 3 is 2.03 bits per heavy atom. The fourth-order valence-electron chi connectivity index (χ4n) is 3.46. The average molecular weight is 597 g/mol. The minimum atomic E-state index is -2.56. The van der Waals surface area contributed by atoms with Crippen LogP contribution in [0.1, 0.15) is 111 Å². The molecule has 0 aliphatic carbocycles. The van der Waals surface area contributed by atoms with E-state index in [9.17, 15) is 4.79 Å². The summed E-state index contributed by atoms with van der Waals surface area (Å²) in [7, 11) is 1.51. The first-order chi connectivity index (χ1) is 17.6. The Labute approximate surface area is 240 Å². The van der Waals surface area contributed by atoms with Crippen LogP contribution in [0.25, 0.3) is 0 Å². The van der Waals surface area contributed by atoms with Crippen LogP contribution in [0, 0.1) is 0 Å². The van der Waals surface area contributed by atoms with Gasteiger partial charge < -0.3 is 14.2 Å². The SMILES string of the molecule is CCCCCCCC/C=C\CCCCCCCC(=O)O.COP(=S)(NC(C)C)Oc1ccc(Cl)cc1Cl. The number of hydrogen-bond acceptors (Lipinski definition) is 4. The van der Waals surface area contributed by atoms with E-state index in [0.717, 1.165) is 12.8 Å². The van der Waals surface area contributed by atoms with Crippen molar-refractivity contribution in [3.8, 4) is 5.75 Å². The third-order valence-electron chi connectivity index (χ3n) is 5.42. The maximum absolute atomic E-state index is 10.3. The topological polar surface area (TPSA) is 67.8 Å². The molecule has 0 spiro atoms. The number of rotatable bonds is 20.